The highest BCUT2D eigenvalue weighted by molar-refractivity contribution is 9.10. The number of rotatable bonds is 4. The van der Waals surface area contributed by atoms with Crippen molar-refractivity contribution in [3.8, 4) is 0 Å². The van der Waals surface area contributed by atoms with E-state index < -0.39 is 11.7 Å². The molecule has 1 aromatic heterocycles. The quantitative estimate of drug-likeness (QED) is 0.876. The van der Waals surface area contributed by atoms with Crippen molar-refractivity contribution in [3.63, 3.8) is 0 Å². The molecule has 1 heterocycles. The second-order valence-electron chi connectivity index (χ2n) is 5.43. The molecule has 1 aromatic rings. The Hall–Kier alpha value is -1.08. The second-order valence-corrected chi connectivity index (χ2v) is 6.24. The fourth-order valence-corrected chi connectivity index (χ4v) is 2.03. The van der Waals surface area contributed by atoms with E-state index in [1.807, 2.05) is 33.9 Å². The molecule has 0 saturated carbocycles. The van der Waals surface area contributed by atoms with Gasteiger partial charge in [0.2, 0.25) is 0 Å². The zero-order valence-corrected chi connectivity index (χ0v) is 13.3. The van der Waals surface area contributed by atoms with Gasteiger partial charge in [-0.15, -0.1) is 0 Å². The number of carbonyl (C=O) groups is 1. The minimum Gasteiger partial charge on any atom is -0.444 e. The lowest BCUT2D eigenvalue weighted by atomic mass is 10.1. The number of hydrogen-bond donors (Lipinski definition) is 2. The SMILES string of the molecule is Cn1nc(Br)cc1CC(N)CNC(=O)OC(C)(C)C. The molecule has 1 amide bonds. The first-order valence-electron chi connectivity index (χ1n) is 6.08. The Morgan fingerprint density at radius 3 is 2.74 bits per heavy atom. The number of amides is 1. The number of hydrogen-bond acceptors (Lipinski definition) is 4. The molecule has 0 fully saturated rings. The molecule has 7 heteroatoms. The molecule has 0 radical (unpaired) electrons. The van der Waals surface area contributed by atoms with E-state index in [-0.39, 0.29) is 6.04 Å². The lowest BCUT2D eigenvalue weighted by Crippen LogP contribution is -2.41. The van der Waals surface area contributed by atoms with Crippen molar-refractivity contribution in [3.05, 3.63) is 16.4 Å². The Balaban J connectivity index is 2.38. The van der Waals surface area contributed by atoms with E-state index in [1.54, 1.807) is 4.68 Å². The molecule has 1 unspecified atom stereocenters. The van der Waals surface area contributed by atoms with Crippen LogP contribution in [0.2, 0.25) is 0 Å². The second kappa shape index (κ2) is 6.38. The third-order valence-electron chi connectivity index (χ3n) is 2.33. The molecule has 19 heavy (non-hydrogen) atoms. The summed E-state index contributed by atoms with van der Waals surface area (Å²) < 4.78 is 7.67. The van der Waals surface area contributed by atoms with Gasteiger partial charge in [-0.1, -0.05) is 0 Å². The topological polar surface area (TPSA) is 82.2 Å². The molecule has 0 bridgehead atoms. The number of aromatic nitrogens is 2. The van der Waals surface area contributed by atoms with Crippen molar-refractivity contribution in [2.24, 2.45) is 12.8 Å². The van der Waals surface area contributed by atoms with Crippen molar-refractivity contribution < 1.29 is 9.53 Å². The van der Waals surface area contributed by atoms with Gasteiger partial charge in [-0.3, -0.25) is 4.68 Å². The first-order valence-corrected chi connectivity index (χ1v) is 6.87. The maximum Gasteiger partial charge on any atom is 0.407 e. The lowest BCUT2D eigenvalue weighted by molar-refractivity contribution is 0.0524. The molecule has 0 saturated heterocycles. The zero-order valence-electron chi connectivity index (χ0n) is 11.7. The minimum atomic E-state index is -0.499. The van der Waals surface area contributed by atoms with Crippen LogP contribution in [-0.2, 0) is 18.2 Å². The summed E-state index contributed by atoms with van der Waals surface area (Å²) in [7, 11) is 1.86. The normalized spacial score (nSPS) is 13.2. The van der Waals surface area contributed by atoms with E-state index >= 15 is 0 Å². The summed E-state index contributed by atoms with van der Waals surface area (Å²) in [5.41, 5.74) is 6.48. The summed E-state index contributed by atoms with van der Waals surface area (Å²) in [6.45, 7) is 5.82. The molecule has 0 aliphatic heterocycles. The summed E-state index contributed by atoms with van der Waals surface area (Å²) in [5.74, 6) is 0. The van der Waals surface area contributed by atoms with Crippen molar-refractivity contribution in [1.82, 2.24) is 15.1 Å². The van der Waals surface area contributed by atoms with Crippen LogP contribution in [0.25, 0.3) is 0 Å². The van der Waals surface area contributed by atoms with Crippen LogP contribution >= 0.6 is 15.9 Å². The molecule has 0 aliphatic rings. The molecule has 0 spiro atoms. The fraction of sp³-hybridized carbons (Fsp3) is 0.667. The maximum absolute atomic E-state index is 11.5. The number of nitrogens with two attached hydrogens (primary N) is 1. The first-order chi connectivity index (χ1) is 8.67. The number of halogens is 1. The lowest BCUT2D eigenvalue weighted by Gasteiger charge is -2.20. The fourth-order valence-electron chi connectivity index (χ4n) is 1.53. The molecule has 3 N–H and O–H groups in total. The molecular formula is C12H21BrN4O2. The average molecular weight is 333 g/mol. The third kappa shape index (κ3) is 6.07. The predicted molar refractivity (Wildman–Crippen MR) is 76.8 cm³/mol. The maximum atomic E-state index is 11.5. The van der Waals surface area contributed by atoms with E-state index in [2.05, 4.69) is 26.3 Å². The van der Waals surface area contributed by atoms with Crippen LogP contribution in [0, 0.1) is 0 Å². The van der Waals surface area contributed by atoms with Gasteiger partial charge in [0, 0.05) is 31.7 Å². The summed E-state index contributed by atoms with van der Waals surface area (Å²) in [5, 5.41) is 6.83. The van der Waals surface area contributed by atoms with Crippen LogP contribution in [0.5, 0.6) is 0 Å². The average Bonchev–Trinajstić information content (AvgIpc) is 2.52. The summed E-state index contributed by atoms with van der Waals surface area (Å²) in [6, 6.07) is 1.72. The van der Waals surface area contributed by atoms with Gasteiger partial charge in [0.05, 0.1) is 0 Å². The van der Waals surface area contributed by atoms with Crippen LogP contribution in [0.1, 0.15) is 26.5 Å². The highest BCUT2D eigenvalue weighted by atomic mass is 79.9. The van der Waals surface area contributed by atoms with Crippen LogP contribution in [0.4, 0.5) is 4.79 Å². The van der Waals surface area contributed by atoms with E-state index in [9.17, 15) is 4.79 Å². The van der Waals surface area contributed by atoms with Crippen LogP contribution in [0.3, 0.4) is 0 Å². The van der Waals surface area contributed by atoms with Gasteiger partial charge in [-0.25, -0.2) is 4.79 Å². The summed E-state index contributed by atoms with van der Waals surface area (Å²) >= 11 is 3.31. The van der Waals surface area contributed by atoms with Gasteiger partial charge in [0.1, 0.15) is 10.2 Å². The van der Waals surface area contributed by atoms with Gasteiger partial charge >= 0.3 is 6.09 Å². The number of ether oxygens (including phenoxy) is 1. The molecule has 1 atom stereocenters. The van der Waals surface area contributed by atoms with E-state index in [4.69, 9.17) is 10.5 Å². The third-order valence-corrected chi connectivity index (χ3v) is 2.71. The smallest absolute Gasteiger partial charge is 0.407 e. The van der Waals surface area contributed by atoms with Crippen molar-refractivity contribution >= 4 is 22.0 Å². The van der Waals surface area contributed by atoms with Gasteiger partial charge < -0.3 is 15.8 Å². The largest absolute Gasteiger partial charge is 0.444 e. The minimum absolute atomic E-state index is 0.185. The summed E-state index contributed by atoms with van der Waals surface area (Å²) in [6.07, 6.45) is 0.180. The van der Waals surface area contributed by atoms with Crippen LogP contribution in [-0.4, -0.2) is 34.1 Å². The molecule has 0 aromatic carbocycles. The highest BCUT2D eigenvalue weighted by Gasteiger charge is 2.17. The monoisotopic (exact) mass is 332 g/mol. The summed E-state index contributed by atoms with van der Waals surface area (Å²) in [4.78, 5) is 11.5. The molecule has 6 nitrogen and oxygen atoms in total. The Morgan fingerprint density at radius 1 is 1.63 bits per heavy atom. The van der Waals surface area contributed by atoms with Gasteiger partial charge in [-0.2, -0.15) is 5.10 Å². The number of aryl methyl sites for hydroxylation is 1. The molecule has 108 valence electrons. The number of nitrogens with one attached hydrogen (secondary N) is 1. The van der Waals surface area contributed by atoms with E-state index in [1.165, 1.54) is 0 Å². The van der Waals surface area contributed by atoms with Crippen LogP contribution < -0.4 is 11.1 Å². The first kappa shape index (κ1) is 16.0. The van der Waals surface area contributed by atoms with Gasteiger partial charge in [0.15, 0.2) is 0 Å². The van der Waals surface area contributed by atoms with Crippen molar-refractivity contribution in [2.75, 3.05) is 6.54 Å². The number of alkyl carbamates (subject to hydrolysis) is 1. The number of nitrogens with zero attached hydrogens (tertiary/aromatic N) is 2. The molecule has 1 rings (SSSR count). The van der Waals surface area contributed by atoms with Gasteiger partial charge in [-0.05, 0) is 42.8 Å². The van der Waals surface area contributed by atoms with Gasteiger partial charge in [0.25, 0.3) is 0 Å². The predicted octanol–water partition coefficient (Wildman–Crippen LogP) is 1.58. The Labute approximate surface area is 121 Å². The van der Waals surface area contributed by atoms with Crippen molar-refractivity contribution in [2.45, 2.75) is 38.8 Å². The Morgan fingerprint density at radius 2 is 2.26 bits per heavy atom. The van der Waals surface area contributed by atoms with Crippen LogP contribution in [0.15, 0.2) is 10.7 Å². The van der Waals surface area contributed by atoms with Crippen molar-refractivity contribution in [1.29, 1.82) is 0 Å². The Kier molecular flexibility index (Phi) is 5.37. The zero-order chi connectivity index (χ0) is 14.6. The molecule has 0 aliphatic carbocycles. The standard InChI is InChI=1S/C12H21BrN4O2/c1-12(2,3)19-11(18)15-7-8(14)5-9-6-10(13)16-17(9)4/h6,8H,5,7,14H2,1-4H3,(H,15,18). The van der Waals surface area contributed by atoms with E-state index in [0.29, 0.717) is 13.0 Å². The Bertz CT molecular complexity index is 439. The number of carbonyl (C=O) groups excluding carboxylic acids is 1. The van der Waals surface area contributed by atoms with E-state index in [0.717, 1.165) is 10.3 Å². The highest BCUT2D eigenvalue weighted by Crippen LogP contribution is 2.11. The molecular weight excluding hydrogens is 312 g/mol.